The Kier molecular flexibility index (Phi) is 6.14. The topological polar surface area (TPSA) is 70.5 Å². The molecule has 3 rings (SSSR count). The maximum atomic E-state index is 12.3. The van der Waals surface area contributed by atoms with Crippen molar-refractivity contribution < 1.29 is 19.0 Å². The number of pyridine rings is 2. The van der Waals surface area contributed by atoms with E-state index in [1.807, 2.05) is 30.3 Å². The van der Waals surface area contributed by atoms with Crippen LogP contribution in [0.1, 0.15) is 16.8 Å². The Morgan fingerprint density at radius 2 is 1.69 bits per heavy atom. The molecule has 0 unspecified atom stereocenters. The monoisotopic (exact) mass is 350 g/mol. The van der Waals surface area contributed by atoms with E-state index in [4.69, 9.17) is 14.2 Å². The Bertz CT molecular complexity index is 825. The van der Waals surface area contributed by atoms with Crippen molar-refractivity contribution in [2.75, 3.05) is 13.2 Å². The van der Waals surface area contributed by atoms with Crippen molar-refractivity contribution in [2.24, 2.45) is 0 Å². The third-order valence-corrected chi connectivity index (χ3v) is 3.37. The first-order valence-electron chi connectivity index (χ1n) is 8.21. The zero-order valence-electron chi connectivity index (χ0n) is 14.1. The highest BCUT2D eigenvalue weighted by atomic mass is 16.5. The van der Waals surface area contributed by atoms with Crippen LogP contribution in [0.4, 0.5) is 0 Å². The van der Waals surface area contributed by atoms with E-state index in [0.717, 1.165) is 5.75 Å². The summed E-state index contributed by atoms with van der Waals surface area (Å²) < 4.78 is 16.5. The lowest BCUT2D eigenvalue weighted by atomic mass is 10.3. The van der Waals surface area contributed by atoms with Gasteiger partial charge in [-0.15, -0.1) is 0 Å². The molecule has 2 heterocycles. The van der Waals surface area contributed by atoms with E-state index in [9.17, 15) is 4.79 Å². The zero-order valence-corrected chi connectivity index (χ0v) is 14.1. The fraction of sp³-hybridized carbons (Fsp3) is 0.150. The molecule has 0 N–H and O–H groups in total. The van der Waals surface area contributed by atoms with Crippen LogP contribution in [0.25, 0.3) is 0 Å². The average Bonchev–Trinajstić information content (AvgIpc) is 2.69. The molecule has 1 aromatic carbocycles. The first kappa shape index (κ1) is 17.4. The smallest absolute Gasteiger partial charge is 0.343 e. The molecular formula is C20H18N2O4. The third-order valence-electron chi connectivity index (χ3n) is 3.37. The van der Waals surface area contributed by atoms with Crippen LogP contribution in [0.2, 0.25) is 0 Å². The maximum absolute atomic E-state index is 12.3. The van der Waals surface area contributed by atoms with Crippen LogP contribution >= 0.6 is 0 Å². The fourth-order valence-corrected chi connectivity index (χ4v) is 2.15. The molecule has 132 valence electrons. The predicted molar refractivity (Wildman–Crippen MR) is 95.4 cm³/mol. The van der Waals surface area contributed by atoms with E-state index in [-0.39, 0.29) is 18.1 Å². The molecule has 0 aliphatic carbocycles. The Balaban J connectivity index is 1.50. The summed E-state index contributed by atoms with van der Waals surface area (Å²) in [5.74, 6) is 0.984. The van der Waals surface area contributed by atoms with Gasteiger partial charge in [-0.1, -0.05) is 18.2 Å². The standard InChI is InChI=1S/C20H18N2O4/c23-20(25-14-6-13-24-16-7-2-1-3-8-16)18-10-5-12-22-19(18)26-17-9-4-11-21-15-17/h1-5,7-12,15H,6,13-14H2. The van der Waals surface area contributed by atoms with E-state index in [1.54, 1.807) is 42.9 Å². The normalized spacial score (nSPS) is 10.2. The van der Waals surface area contributed by atoms with E-state index in [1.165, 1.54) is 0 Å². The molecule has 2 aromatic heterocycles. The SMILES string of the molecule is O=C(OCCCOc1ccccc1)c1cccnc1Oc1cccnc1. The van der Waals surface area contributed by atoms with Crippen molar-refractivity contribution in [3.05, 3.63) is 78.8 Å². The van der Waals surface area contributed by atoms with Gasteiger partial charge in [0.15, 0.2) is 0 Å². The molecule has 6 nitrogen and oxygen atoms in total. The molecule has 3 aromatic rings. The molecule has 0 spiro atoms. The summed E-state index contributed by atoms with van der Waals surface area (Å²) in [7, 11) is 0. The molecular weight excluding hydrogens is 332 g/mol. The largest absolute Gasteiger partial charge is 0.493 e. The van der Waals surface area contributed by atoms with E-state index in [0.29, 0.717) is 18.8 Å². The quantitative estimate of drug-likeness (QED) is 0.453. The van der Waals surface area contributed by atoms with Gasteiger partial charge in [0.25, 0.3) is 0 Å². The first-order chi connectivity index (χ1) is 12.8. The van der Waals surface area contributed by atoms with Crippen molar-refractivity contribution in [3.63, 3.8) is 0 Å². The van der Waals surface area contributed by atoms with Gasteiger partial charge in [-0.05, 0) is 36.4 Å². The first-order valence-corrected chi connectivity index (χ1v) is 8.21. The summed E-state index contributed by atoms with van der Waals surface area (Å²) in [6.45, 7) is 0.705. The van der Waals surface area contributed by atoms with Gasteiger partial charge < -0.3 is 14.2 Å². The Morgan fingerprint density at radius 3 is 2.50 bits per heavy atom. The molecule has 0 radical (unpaired) electrons. The van der Waals surface area contributed by atoms with Crippen LogP contribution in [0.3, 0.4) is 0 Å². The number of hydrogen-bond acceptors (Lipinski definition) is 6. The Morgan fingerprint density at radius 1 is 0.885 bits per heavy atom. The molecule has 0 fully saturated rings. The fourth-order valence-electron chi connectivity index (χ4n) is 2.15. The van der Waals surface area contributed by atoms with Crippen molar-refractivity contribution in [2.45, 2.75) is 6.42 Å². The molecule has 0 saturated carbocycles. The number of hydrogen-bond donors (Lipinski definition) is 0. The van der Waals surface area contributed by atoms with Crippen LogP contribution in [0, 0.1) is 0 Å². The minimum Gasteiger partial charge on any atom is -0.493 e. The number of rotatable bonds is 8. The van der Waals surface area contributed by atoms with Crippen LogP contribution in [-0.2, 0) is 4.74 Å². The summed E-state index contributed by atoms with van der Waals surface area (Å²) in [5.41, 5.74) is 0.264. The van der Waals surface area contributed by atoms with Gasteiger partial charge in [0, 0.05) is 18.8 Å². The van der Waals surface area contributed by atoms with Crippen LogP contribution in [-0.4, -0.2) is 29.2 Å². The lowest BCUT2D eigenvalue weighted by Crippen LogP contribution is -2.11. The second kappa shape index (κ2) is 9.17. The number of carbonyl (C=O) groups is 1. The van der Waals surface area contributed by atoms with Gasteiger partial charge in [0.05, 0.1) is 19.4 Å². The highest BCUT2D eigenvalue weighted by Crippen LogP contribution is 2.22. The molecule has 0 saturated heterocycles. The Labute approximate surface area is 151 Å². The lowest BCUT2D eigenvalue weighted by Gasteiger charge is -2.10. The van der Waals surface area contributed by atoms with Crippen molar-refractivity contribution >= 4 is 5.97 Å². The molecule has 26 heavy (non-hydrogen) atoms. The van der Waals surface area contributed by atoms with Crippen molar-refractivity contribution in [1.82, 2.24) is 9.97 Å². The van der Waals surface area contributed by atoms with Crippen molar-refractivity contribution in [1.29, 1.82) is 0 Å². The number of ether oxygens (including phenoxy) is 3. The van der Waals surface area contributed by atoms with E-state index >= 15 is 0 Å². The second-order valence-electron chi connectivity index (χ2n) is 5.30. The summed E-state index contributed by atoms with van der Waals surface area (Å²) in [6, 6.07) is 16.2. The molecule has 0 atom stereocenters. The number of benzene rings is 1. The number of esters is 1. The summed E-state index contributed by atoms with van der Waals surface area (Å²) in [5, 5.41) is 0. The second-order valence-corrected chi connectivity index (χ2v) is 5.30. The van der Waals surface area contributed by atoms with Crippen LogP contribution in [0.5, 0.6) is 17.4 Å². The highest BCUT2D eigenvalue weighted by molar-refractivity contribution is 5.91. The van der Waals surface area contributed by atoms with Gasteiger partial charge in [-0.3, -0.25) is 4.98 Å². The summed E-state index contributed by atoms with van der Waals surface area (Å²) in [6.07, 6.45) is 5.32. The Hall–Kier alpha value is -3.41. The highest BCUT2D eigenvalue weighted by Gasteiger charge is 2.15. The minimum absolute atomic E-state index is 0.186. The molecule has 0 aliphatic rings. The maximum Gasteiger partial charge on any atom is 0.343 e. The van der Waals surface area contributed by atoms with Crippen molar-refractivity contribution in [3.8, 4) is 17.4 Å². The van der Waals surface area contributed by atoms with E-state index < -0.39 is 5.97 Å². The van der Waals surface area contributed by atoms with Gasteiger partial charge in [0.2, 0.25) is 5.88 Å². The van der Waals surface area contributed by atoms with Gasteiger partial charge >= 0.3 is 5.97 Å². The predicted octanol–water partition coefficient (Wildman–Crippen LogP) is 3.89. The molecule has 0 amide bonds. The van der Waals surface area contributed by atoms with Gasteiger partial charge in [-0.2, -0.15) is 0 Å². The summed E-state index contributed by atoms with van der Waals surface area (Å²) >= 11 is 0. The zero-order chi connectivity index (χ0) is 18.0. The molecule has 0 aliphatic heterocycles. The molecule has 0 bridgehead atoms. The lowest BCUT2D eigenvalue weighted by molar-refractivity contribution is 0.0482. The van der Waals surface area contributed by atoms with Gasteiger partial charge in [-0.25, -0.2) is 9.78 Å². The molecule has 6 heteroatoms. The van der Waals surface area contributed by atoms with Crippen LogP contribution in [0.15, 0.2) is 73.2 Å². The number of para-hydroxylation sites is 1. The van der Waals surface area contributed by atoms with Crippen LogP contribution < -0.4 is 9.47 Å². The number of aromatic nitrogens is 2. The number of nitrogens with zero attached hydrogens (tertiary/aromatic N) is 2. The third kappa shape index (κ3) is 5.04. The average molecular weight is 350 g/mol. The summed E-state index contributed by atoms with van der Waals surface area (Å²) in [4.78, 5) is 20.4. The minimum atomic E-state index is -0.489. The van der Waals surface area contributed by atoms with Gasteiger partial charge in [0.1, 0.15) is 17.1 Å². The number of carbonyl (C=O) groups excluding carboxylic acids is 1. The van der Waals surface area contributed by atoms with E-state index in [2.05, 4.69) is 9.97 Å².